The van der Waals surface area contributed by atoms with Crippen LogP contribution in [-0.2, 0) is 13.1 Å². The third-order valence-electron chi connectivity index (χ3n) is 3.78. The molecule has 1 N–H and O–H groups in total. The van der Waals surface area contributed by atoms with Crippen molar-refractivity contribution < 1.29 is 0 Å². The molecule has 0 radical (unpaired) electrons. The Morgan fingerprint density at radius 1 is 1.33 bits per heavy atom. The zero-order valence-corrected chi connectivity index (χ0v) is 13.0. The van der Waals surface area contributed by atoms with E-state index in [1.165, 1.54) is 24.0 Å². The van der Waals surface area contributed by atoms with Gasteiger partial charge in [0.05, 0.1) is 0 Å². The number of hydrogen-bond donors (Lipinski definition) is 1. The maximum atomic E-state index is 6.40. The van der Waals surface area contributed by atoms with Gasteiger partial charge in [-0.05, 0) is 42.2 Å². The van der Waals surface area contributed by atoms with Gasteiger partial charge < -0.3 is 10.2 Å². The number of anilines is 1. The van der Waals surface area contributed by atoms with E-state index >= 15 is 0 Å². The van der Waals surface area contributed by atoms with Gasteiger partial charge in [0.2, 0.25) is 0 Å². The first-order chi connectivity index (χ1) is 10.2. The maximum absolute atomic E-state index is 6.40. The summed E-state index contributed by atoms with van der Waals surface area (Å²) in [5, 5.41) is 4.33. The Kier molecular flexibility index (Phi) is 4.42. The Balaban J connectivity index is 1.65. The number of hydrogen-bond acceptors (Lipinski definition) is 3. The molecule has 0 amide bonds. The topological polar surface area (TPSA) is 28.2 Å². The molecule has 1 aliphatic rings. The van der Waals surface area contributed by atoms with Crippen LogP contribution in [0.1, 0.15) is 24.0 Å². The van der Waals surface area contributed by atoms with E-state index in [1.54, 1.807) is 6.20 Å². The molecule has 1 fully saturated rings. The standard InChI is InChI=1S/C17H20ClN3/c1-21(12-13-3-2-8-19-10-13)16-7-4-14(17(18)9-16)11-20-15-5-6-15/h2-4,7-10,15,20H,5-6,11-12H2,1H3. The van der Waals surface area contributed by atoms with Crippen molar-refractivity contribution in [1.29, 1.82) is 0 Å². The van der Waals surface area contributed by atoms with E-state index in [0.29, 0.717) is 6.04 Å². The van der Waals surface area contributed by atoms with Gasteiger partial charge in [-0.1, -0.05) is 23.7 Å². The largest absolute Gasteiger partial charge is 0.370 e. The smallest absolute Gasteiger partial charge is 0.0471 e. The van der Waals surface area contributed by atoms with Crippen molar-refractivity contribution in [2.24, 2.45) is 0 Å². The number of benzene rings is 1. The van der Waals surface area contributed by atoms with Gasteiger partial charge in [0.25, 0.3) is 0 Å². The number of nitrogens with zero attached hydrogens (tertiary/aromatic N) is 2. The molecule has 0 unspecified atom stereocenters. The fourth-order valence-electron chi connectivity index (χ4n) is 2.32. The minimum Gasteiger partial charge on any atom is -0.370 e. The predicted molar refractivity (Wildman–Crippen MR) is 87.7 cm³/mol. The minimum absolute atomic E-state index is 0.703. The van der Waals surface area contributed by atoms with Crippen LogP contribution in [0.25, 0.3) is 0 Å². The van der Waals surface area contributed by atoms with Gasteiger partial charge in [0.1, 0.15) is 0 Å². The Hall–Kier alpha value is -1.58. The Labute approximate surface area is 131 Å². The molecule has 110 valence electrons. The molecule has 0 bridgehead atoms. The highest BCUT2D eigenvalue weighted by Crippen LogP contribution is 2.25. The van der Waals surface area contributed by atoms with Gasteiger partial charge in [0.15, 0.2) is 0 Å². The molecule has 1 aromatic heterocycles. The first-order valence-corrected chi connectivity index (χ1v) is 7.72. The summed E-state index contributed by atoms with van der Waals surface area (Å²) in [5.41, 5.74) is 3.48. The lowest BCUT2D eigenvalue weighted by atomic mass is 10.1. The quantitative estimate of drug-likeness (QED) is 0.883. The van der Waals surface area contributed by atoms with Gasteiger partial charge in [-0.3, -0.25) is 4.98 Å². The van der Waals surface area contributed by atoms with Crippen molar-refractivity contribution in [1.82, 2.24) is 10.3 Å². The van der Waals surface area contributed by atoms with Gasteiger partial charge in [-0.15, -0.1) is 0 Å². The first kappa shape index (κ1) is 14.4. The molecule has 1 aromatic carbocycles. The molecule has 2 aromatic rings. The van der Waals surface area contributed by atoms with E-state index in [2.05, 4.69) is 40.4 Å². The fourth-order valence-corrected chi connectivity index (χ4v) is 2.56. The van der Waals surface area contributed by atoms with Gasteiger partial charge in [-0.2, -0.15) is 0 Å². The van der Waals surface area contributed by atoms with Crippen LogP contribution in [0.5, 0.6) is 0 Å². The van der Waals surface area contributed by atoms with Crippen molar-refractivity contribution in [3.05, 3.63) is 58.9 Å². The van der Waals surface area contributed by atoms with Crippen LogP contribution >= 0.6 is 11.6 Å². The summed E-state index contributed by atoms with van der Waals surface area (Å²) in [6, 6.07) is 11.0. The zero-order chi connectivity index (χ0) is 14.7. The number of aromatic nitrogens is 1. The monoisotopic (exact) mass is 301 g/mol. The summed E-state index contributed by atoms with van der Waals surface area (Å²) in [6.07, 6.45) is 6.28. The van der Waals surface area contributed by atoms with Crippen LogP contribution < -0.4 is 10.2 Å². The minimum atomic E-state index is 0.703. The lowest BCUT2D eigenvalue weighted by Crippen LogP contribution is -2.18. The molecule has 1 saturated carbocycles. The number of halogens is 1. The van der Waals surface area contributed by atoms with Crippen molar-refractivity contribution in [2.45, 2.75) is 32.0 Å². The molecular formula is C17H20ClN3. The highest BCUT2D eigenvalue weighted by Gasteiger charge is 2.20. The second kappa shape index (κ2) is 6.46. The van der Waals surface area contributed by atoms with Gasteiger partial charge in [-0.25, -0.2) is 0 Å². The zero-order valence-electron chi connectivity index (χ0n) is 12.2. The summed E-state index contributed by atoms with van der Waals surface area (Å²) in [4.78, 5) is 6.33. The fraction of sp³-hybridized carbons (Fsp3) is 0.353. The van der Waals surface area contributed by atoms with E-state index in [9.17, 15) is 0 Å². The van der Waals surface area contributed by atoms with Crippen molar-refractivity contribution in [3.63, 3.8) is 0 Å². The van der Waals surface area contributed by atoms with E-state index in [1.807, 2.05) is 18.3 Å². The van der Waals surface area contributed by atoms with E-state index in [0.717, 1.165) is 23.8 Å². The number of pyridine rings is 1. The van der Waals surface area contributed by atoms with Crippen LogP contribution in [-0.4, -0.2) is 18.1 Å². The molecule has 21 heavy (non-hydrogen) atoms. The molecular weight excluding hydrogens is 282 g/mol. The molecule has 0 saturated heterocycles. The summed E-state index contributed by atoms with van der Waals surface area (Å²) >= 11 is 6.40. The number of nitrogens with one attached hydrogen (secondary N) is 1. The molecule has 3 nitrogen and oxygen atoms in total. The van der Waals surface area contributed by atoms with Crippen molar-refractivity contribution in [3.8, 4) is 0 Å². The first-order valence-electron chi connectivity index (χ1n) is 7.34. The molecule has 3 rings (SSSR count). The third-order valence-corrected chi connectivity index (χ3v) is 4.13. The van der Waals surface area contributed by atoms with Crippen LogP contribution in [0.15, 0.2) is 42.7 Å². The van der Waals surface area contributed by atoms with Crippen molar-refractivity contribution in [2.75, 3.05) is 11.9 Å². The SMILES string of the molecule is CN(Cc1cccnc1)c1ccc(CNC2CC2)c(Cl)c1. The third kappa shape index (κ3) is 3.96. The molecule has 0 atom stereocenters. The van der Waals surface area contributed by atoms with Gasteiger partial charge in [0, 0.05) is 49.3 Å². The highest BCUT2D eigenvalue weighted by atomic mass is 35.5. The lowest BCUT2D eigenvalue weighted by molar-refractivity contribution is 0.688. The van der Waals surface area contributed by atoms with E-state index in [-0.39, 0.29) is 0 Å². The van der Waals surface area contributed by atoms with Gasteiger partial charge >= 0.3 is 0 Å². The lowest BCUT2D eigenvalue weighted by Gasteiger charge is -2.20. The van der Waals surface area contributed by atoms with E-state index < -0.39 is 0 Å². The second-order valence-electron chi connectivity index (χ2n) is 5.65. The predicted octanol–water partition coefficient (Wildman–Crippen LogP) is 3.62. The highest BCUT2D eigenvalue weighted by molar-refractivity contribution is 6.31. The molecule has 1 heterocycles. The van der Waals surface area contributed by atoms with Crippen LogP contribution in [0.4, 0.5) is 5.69 Å². The Morgan fingerprint density at radius 3 is 2.86 bits per heavy atom. The molecule has 0 aliphatic heterocycles. The van der Waals surface area contributed by atoms with E-state index in [4.69, 9.17) is 11.6 Å². The summed E-state index contributed by atoms with van der Waals surface area (Å²) in [5.74, 6) is 0. The normalized spacial score (nSPS) is 14.2. The maximum Gasteiger partial charge on any atom is 0.0471 e. The average molecular weight is 302 g/mol. The molecule has 4 heteroatoms. The molecule has 0 spiro atoms. The average Bonchev–Trinajstić information content (AvgIpc) is 3.31. The molecule has 1 aliphatic carbocycles. The second-order valence-corrected chi connectivity index (χ2v) is 6.06. The van der Waals surface area contributed by atoms with Crippen LogP contribution in [0, 0.1) is 0 Å². The Morgan fingerprint density at radius 2 is 2.19 bits per heavy atom. The van der Waals surface area contributed by atoms with Crippen LogP contribution in [0.2, 0.25) is 5.02 Å². The number of rotatable bonds is 6. The Bertz CT molecular complexity index is 596. The summed E-state index contributed by atoms with van der Waals surface area (Å²) in [6.45, 7) is 1.68. The summed E-state index contributed by atoms with van der Waals surface area (Å²) in [7, 11) is 2.07. The summed E-state index contributed by atoms with van der Waals surface area (Å²) < 4.78 is 0. The van der Waals surface area contributed by atoms with Crippen LogP contribution in [0.3, 0.4) is 0 Å². The van der Waals surface area contributed by atoms with Crippen molar-refractivity contribution >= 4 is 17.3 Å².